The van der Waals surface area contributed by atoms with Crippen LogP contribution in [0.25, 0.3) is 0 Å². The van der Waals surface area contributed by atoms with Crippen molar-refractivity contribution in [3.8, 4) is 11.5 Å². The lowest BCUT2D eigenvalue weighted by Gasteiger charge is -2.17. The Labute approximate surface area is 135 Å². The van der Waals surface area contributed by atoms with Crippen LogP contribution in [0.15, 0.2) is 12.1 Å². The van der Waals surface area contributed by atoms with Crippen LogP contribution in [0.5, 0.6) is 11.5 Å². The highest BCUT2D eigenvalue weighted by molar-refractivity contribution is 5.85. The molecule has 0 bridgehead atoms. The Morgan fingerprint density at radius 2 is 1.91 bits per heavy atom. The van der Waals surface area contributed by atoms with Gasteiger partial charge in [-0.3, -0.25) is 15.0 Å². The Morgan fingerprint density at radius 3 is 2.36 bits per heavy atom. The highest BCUT2D eigenvalue weighted by Gasteiger charge is 2.29. The number of ether oxygens (including phenoxy) is 2. The Bertz CT molecular complexity index is 531. The van der Waals surface area contributed by atoms with Crippen LogP contribution in [0.1, 0.15) is 12.5 Å². The quantitative estimate of drug-likeness (QED) is 0.653. The van der Waals surface area contributed by atoms with Gasteiger partial charge in [-0.25, -0.2) is 0 Å². The van der Waals surface area contributed by atoms with Gasteiger partial charge in [0.25, 0.3) is 5.69 Å². The van der Waals surface area contributed by atoms with E-state index in [1.165, 1.54) is 20.3 Å². The third-order valence-electron chi connectivity index (χ3n) is 3.92. The standard InChI is InChI=1S/C14H21N3O4.ClH/c1-9-6-16(8-11(9)15)7-10-4-13(20-2)14(21-3)5-12(10)17(18)19;/h4-5,9,11H,6-8,15H2,1-3H3;1H. The molecule has 0 aromatic heterocycles. The van der Waals surface area contributed by atoms with Crippen molar-refractivity contribution in [1.29, 1.82) is 0 Å². The molecule has 2 unspecified atom stereocenters. The summed E-state index contributed by atoms with van der Waals surface area (Å²) in [6, 6.07) is 3.20. The molecule has 0 saturated carbocycles. The van der Waals surface area contributed by atoms with E-state index in [0.29, 0.717) is 29.5 Å². The Balaban J connectivity index is 0.00000242. The first-order valence-electron chi connectivity index (χ1n) is 6.83. The Morgan fingerprint density at radius 1 is 1.32 bits per heavy atom. The molecule has 2 rings (SSSR count). The van der Waals surface area contributed by atoms with Crippen LogP contribution in [-0.4, -0.2) is 43.2 Å². The van der Waals surface area contributed by atoms with Gasteiger partial charge >= 0.3 is 0 Å². The lowest BCUT2D eigenvalue weighted by atomic mass is 10.1. The highest BCUT2D eigenvalue weighted by Crippen LogP contribution is 2.35. The van der Waals surface area contributed by atoms with Gasteiger partial charge in [0.2, 0.25) is 0 Å². The number of hydrogen-bond acceptors (Lipinski definition) is 6. The maximum Gasteiger partial charge on any atom is 0.277 e. The van der Waals surface area contributed by atoms with Crippen LogP contribution in [-0.2, 0) is 6.54 Å². The van der Waals surface area contributed by atoms with Gasteiger partial charge in [-0.05, 0) is 12.0 Å². The molecule has 124 valence electrons. The molecule has 0 aliphatic carbocycles. The molecule has 1 heterocycles. The van der Waals surface area contributed by atoms with Gasteiger partial charge in [0.15, 0.2) is 11.5 Å². The first-order valence-corrected chi connectivity index (χ1v) is 6.83. The molecule has 1 aromatic carbocycles. The first-order chi connectivity index (χ1) is 9.96. The van der Waals surface area contributed by atoms with Gasteiger partial charge in [0, 0.05) is 31.2 Å². The number of nitro benzene ring substituents is 1. The van der Waals surface area contributed by atoms with E-state index in [2.05, 4.69) is 11.8 Å². The van der Waals surface area contributed by atoms with Gasteiger partial charge in [0.05, 0.1) is 25.2 Å². The smallest absolute Gasteiger partial charge is 0.277 e. The van der Waals surface area contributed by atoms with Crippen molar-refractivity contribution < 1.29 is 14.4 Å². The molecule has 1 saturated heterocycles. The van der Waals surface area contributed by atoms with E-state index >= 15 is 0 Å². The van der Waals surface area contributed by atoms with E-state index in [-0.39, 0.29) is 24.1 Å². The van der Waals surface area contributed by atoms with Crippen molar-refractivity contribution in [3.05, 3.63) is 27.8 Å². The van der Waals surface area contributed by atoms with Crippen LogP contribution >= 0.6 is 12.4 Å². The zero-order valence-corrected chi connectivity index (χ0v) is 13.8. The zero-order chi connectivity index (χ0) is 15.6. The number of nitro groups is 1. The summed E-state index contributed by atoms with van der Waals surface area (Å²) in [6.45, 7) is 4.15. The van der Waals surface area contributed by atoms with Crippen LogP contribution in [0.2, 0.25) is 0 Å². The summed E-state index contributed by atoms with van der Waals surface area (Å²) < 4.78 is 10.4. The number of nitrogens with two attached hydrogens (primary N) is 1. The van der Waals surface area contributed by atoms with Crippen molar-refractivity contribution >= 4 is 18.1 Å². The van der Waals surface area contributed by atoms with Crippen LogP contribution in [0.3, 0.4) is 0 Å². The van der Waals surface area contributed by atoms with Crippen molar-refractivity contribution in [2.24, 2.45) is 11.7 Å². The number of hydrogen-bond donors (Lipinski definition) is 1. The summed E-state index contributed by atoms with van der Waals surface area (Å²) in [5.74, 6) is 1.25. The fourth-order valence-electron chi connectivity index (χ4n) is 2.67. The summed E-state index contributed by atoms with van der Waals surface area (Å²) >= 11 is 0. The molecular formula is C14H22ClN3O4. The molecule has 2 N–H and O–H groups in total. The molecular weight excluding hydrogens is 310 g/mol. The minimum atomic E-state index is -0.392. The third-order valence-corrected chi connectivity index (χ3v) is 3.92. The molecule has 1 aromatic rings. The number of likely N-dealkylation sites (tertiary alicyclic amines) is 1. The van der Waals surface area contributed by atoms with Gasteiger partial charge in [0.1, 0.15) is 0 Å². The molecule has 0 amide bonds. The van der Waals surface area contributed by atoms with E-state index in [1.54, 1.807) is 6.07 Å². The Hall–Kier alpha value is -1.57. The minimum Gasteiger partial charge on any atom is -0.493 e. The average molecular weight is 332 g/mol. The molecule has 7 nitrogen and oxygen atoms in total. The predicted octanol–water partition coefficient (Wildman–Crippen LogP) is 1.81. The number of benzene rings is 1. The largest absolute Gasteiger partial charge is 0.493 e. The second-order valence-corrected chi connectivity index (χ2v) is 5.43. The van der Waals surface area contributed by atoms with E-state index in [9.17, 15) is 10.1 Å². The summed E-state index contributed by atoms with van der Waals surface area (Å²) in [5, 5.41) is 11.3. The van der Waals surface area contributed by atoms with E-state index in [0.717, 1.165) is 13.1 Å². The molecule has 1 aliphatic rings. The summed E-state index contributed by atoms with van der Waals surface area (Å²) in [4.78, 5) is 13.0. The molecule has 22 heavy (non-hydrogen) atoms. The van der Waals surface area contributed by atoms with Crippen molar-refractivity contribution in [2.45, 2.75) is 19.5 Å². The second-order valence-electron chi connectivity index (χ2n) is 5.43. The fraction of sp³-hybridized carbons (Fsp3) is 0.571. The Kier molecular flexibility index (Phi) is 6.40. The number of halogens is 1. The van der Waals surface area contributed by atoms with E-state index in [4.69, 9.17) is 15.2 Å². The van der Waals surface area contributed by atoms with Gasteiger partial charge in [-0.15, -0.1) is 12.4 Å². The molecule has 1 aliphatic heterocycles. The third kappa shape index (κ3) is 3.79. The number of nitrogens with zero attached hydrogens (tertiary/aromatic N) is 2. The lowest BCUT2D eigenvalue weighted by Crippen LogP contribution is -2.28. The van der Waals surface area contributed by atoms with Crippen molar-refractivity contribution in [3.63, 3.8) is 0 Å². The van der Waals surface area contributed by atoms with Crippen molar-refractivity contribution in [2.75, 3.05) is 27.3 Å². The van der Waals surface area contributed by atoms with Crippen molar-refractivity contribution in [1.82, 2.24) is 4.90 Å². The lowest BCUT2D eigenvalue weighted by molar-refractivity contribution is -0.385. The highest BCUT2D eigenvalue weighted by atomic mass is 35.5. The van der Waals surface area contributed by atoms with Crippen LogP contribution < -0.4 is 15.2 Å². The number of rotatable bonds is 5. The average Bonchev–Trinajstić information content (AvgIpc) is 2.76. The monoisotopic (exact) mass is 331 g/mol. The molecule has 0 spiro atoms. The van der Waals surface area contributed by atoms with E-state index < -0.39 is 4.92 Å². The maximum atomic E-state index is 11.3. The summed E-state index contributed by atoms with van der Waals surface area (Å²) in [6.07, 6.45) is 0. The molecule has 2 atom stereocenters. The minimum absolute atomic E-state index is 0. The molecule has 8 heteroatoms. The van der Waals surface area contributed by atoms with Gasteiger partial charge < -0.3 is 15.2 Å². The first kappa shape index (κ1) is 18.5. The topological polar surface area (TPSA) is 90.9 Å². The predicted molar refractivity (Wildman–Crippen MR) is 85.9 cm³/mol. The fourth-order valence-corrected chi connectivity index (χ4v) is 2.67. The summed E-state index contributed by atoms with van der Waals surface area (Å²) in [5.41, 5.74) is 6.65. The van der Waals surface area contributed by atoms with E-state index in [1.807, 2.05) is 0 Å². The summed E-state index contributed by atoms with van der Waals surface area (Å²) in [7, 11) is 2.98. The van der Waals surface area contributed by atoms with Gasteiger partial charge in [-0.2, -0.15) is 0 Å². The van der Waals surface area contributed by atoms with Gasteiger partial charge in [-0.1, -0.05) is 6.92 Å². The van der Waals surface area contributed by atoms with Crippen LogP contribution in [0, 0.1) is 16.0 Å². The molecule has 1 fully saturated rings. The second kappa shape index (κ2) is 7.62. The number of methoxy groups -OCH3 is 2. The SMILES string of the molecule is COc1cc(CN2CC(C)C(N)C2)c([N+](=O)[O-])cc1OC.Cl. The normalized spacial score (nSPS) is 21.3. The maximum absolute atomic E-state index is 11.3. The molecule has 0 radical (unpaired) electrons. The van der Waals surface area contributed by atoms with Crippen LogP contribution in [0.4, 0.5) is 5.69 Å². The zero-order valence-electron chi connectivity index (χ0n) is 12.9.